The number of hydrogen-bond acceptors (Lipinski definition) is 4. The van der Waals surface area contributed by atoms with Gasteiger partial charge in [-0.05, 0) is 12.8 Å². The van der Waals surface area contributed by atoms with Crippen LogP contribution in [0.25, 0.3) is 5.65 Å². The first-order valence-electron chi connectivity index (χ1n) is 5.81. The summed E-state index contributed by atoms with van der Waals surface area (Å²) in [6.45, 7) is 0. The van der Waals surface area contributed by atoms with Crippen LogP contribution in [-0.2, 0) is 0 Å². The Hall–Kier alpha value is -1.36. The fourth-order valence-electron chi connectivity index (χ4n) is 2.44. The van der Waals surface area contributed by atoms with Gasteiger partial charge < -0.3 is 5.32 Å². The van der Waals surface area contributed by atoms with Crippen molar-refractivity contribution >= 4 is 23.1 Å². The molecule has 3 rings (SSSR count). The summed E-state index contributed by atoms with van der Waals surface area (Å²) in [5.74, 6) is 1.37. The molecule has 0 radical (unpaired) electrons. The van der Waals surface area contributed by atoms with E-state index in [2.05, 4.69) is 20.5 Å². The maximum absolute atomic E-state index is 6.11. The van der Waals surface area contributed by atoms with Crippen molar-refractivity contribution in [3.05, 3.63) is 18.7 Å². The van der Waals surface area contributed by atoms with Gasteiger partial charge in [0.1, 0.15) is 6.33 Å². The van der Waals surface area contributed by atoms with Gasteiger partial charge in [0.25, 0.3) is 0 Å². The Kier molecular flexibility index (Phi) is 2.63. The second kappa shape index (κ2) is 4.14. The van der Waals surface area contributed by atoms with Crippen LogP contribution < -0.4 is 5.32 Å². The van der Waals surface area contributed by atoms with Crippen molar-refractivity contribution in [2.24, 2.45) is 0 Å². The van der Waals surface area contributed by atoms with Crippen LogP contribution in [0.4, 0.5) is 5.82 Å². The van der Waals surface area contributed by atoms with E-state index in [0.717, 1.165) is 24.3 Å². The highest BCUT2D eigenvalue weighted by Crippen LogP contribution is 2.34. The molecule has 0 unspecified atom stereocenters. The zero-order valence-corrected chi connectivity index (χ0v) is 10.2. The number of rotatable bonds is 3. The number of hydrogen-bond donors (Lipinski definition) is 1. The summed E-state index contributed by atoms with van der Waals surface area (Å²) in [6.07, 6.45) is 9.87. The number of fused-ring (bicyclic) bond motifs is 1. The van der Waals surface area contributed by atoms with Crippen molar-refractivity contribution < 1.29 is 0 Å². The van der Waals surface area contributed by atoms with Crippen LogP contribution in [0.5, 0.6) is 0 Å². The van der Waals surface area contributed by atoms with E-state index in [1.165, 1.54) is 12.8 Å². The van der Waals surface area contributed by atoms with Crippen molar-refractivity contribution in [3.63, 3.8) is 0 Å². The predicted octanol–water partition coefficient (Wildman–Crippen LogP) is 2.09. The molecule has 5 nitrogen and oxygen atoms in total. The fraction of sp³-hybridized carbons (Fsp3) is 0.545. The van der Waals surface area contributed by atoms with Crippen LogP contribution in [0.1, 0.15) is 25.7 Å². The van der Waals surface area contributed by atoms with Crippen LogP contribution in [0.15, 0.2) is 18.7 Å². The second-order valence-electron chi connectivity index (χ2n) is 4.58. The molecule has 1 saturated carbocycles. The van der Waals surface area contributed by atoms with Crippen LogP contribution in [0.2, 0.25) is 0 Å². The molecule has 1 aliphatic carbocycles. The van der Waals surface area contributed by atoms with E-state index in [1.807, 2.05) is 10.6 Å². The third kappa shape index (κ3) is 1.84. The van der Waals surface area contributed by atoms with Gasteiger partial charge in [-0.2, -0.15) is 0 Å². The lowest BCUT2D eigenvalue weighted by atomic mass is 10.0. The van der Waals surface area contributed by atoms with E-state index in [0.29, 0.717) is 5.88 Å². The van der Waals surface area contributed by atoms with Crippen molar-refractivity contribution in [1.82, 2.24) is 19.6 Å². The zero-order valence-electron chi connectivity index (χ0n) is 9.43. The van der Waals surface area contributed by atoms with E-state index in [4.69, 9.17) is 11.6 Å². The molecule has 0 amide bonds. The summed E-state index contributed by atoms with van der Waals surface area (Å²) in [5, 5.41) is 11.4. The minimum Gasteiger partial charge on any atom is -0.360 e. The van der Waals surface area contributed by atoms with Crippen LogP contribution in [-0.4, -0.2) is 31.0 Å². The number of anilines is 1. The van der Waals surface area contributed by atoms with E-state index in [1.54, 1.807) is 12.5 Å². The summed E-state index contributed by atoms with van der Waals surface area (Å²) >= 11 is 6.11. The van der Waals surface area contributed by atoms with Gasteiger partial charge in [-0.15, -0.1) is 21.8 Å². The molecule has 0 saturated heterocycles. The molecule has 6 heteroatoms. The Morgan fingerprint density at radius 1 is 1.41 bits per heavy atom. The van der Waals surface area contributed by atoms with Gasteiger partial charge in [0.2, 0.25) is 5.65 Å². The first-order valence-corrected chi connectivity index (χ1v) is 6.35. The summed E-state index contributed by atoms with van der Waals surface area (Å²) in [5.41, 5.74) is 0.728. The van der Waals surface area contributed by atoms with Gasteiger partial charge >= 0.3 is 0 Å². The Balaban J connectivity index is 1.96. The van der Waals surface area contributed by atoms with Crippen molar-refractivity contribution in [1.29, 1.82) is 0 Å². The monoisotopic (exact) mass is 251 g/mol. The molecule has 1 aliphatic rings. The van der Waals surface area contributed by atoms with Gasteiger partial charge in [-0.3, -0.25) is 4.40 Å². The van der Waals surface area contributed by atoms with Crippen LogP contribution in [0, 0.1) is 0 Å². The predicted molar refractivity (Wildman–Crippen MR) is 66.3 cm³/mol. The standard InChI is InChI=1S/C11H14ClN5/c12-7-11(3-1-2-4-11)15-9-10-16-14-8-17(10)6-5-13-9/h5-6,8H,1-4,7H2,(H,13,15). The fourth-order valence-corrected chi connectivity index (χ4v) is 2.78. The molecule has 0 aromatic carbocycles. The Morgan fingerprint density at radius 3 is 3.00 bits per heavy atom. The first kappa shape index (κ1) is 10.8. The van der Waals surface area contributed by atoms with E-state index < -0.39 is 0 Å². The zero-order chi connectivity index (χ0) is 11.7. The molecule has 0 bridgehead atoms. The number of nitrogens with zero attached hydrogens (tertiary/aromatic N) is 4. The minimum absolute atomic E-state index is 0.0254. The number of halogens is 1. The number of aromatic nitrogens is 4. The van der Waals surface area contributed by atoms with Gasteiger partial charge in [-0.25, -0.2) is 4.98 Å². The molecule has 2 aromatic heterocycles. The quantitative estimate of drug-likeness (QED) is 0.849. The van der Waals surface area contributed by atoms with Gasteiger partial charge in [0.05, 0.1) is 5.54 Å². The topological polar surface area (TPSA) is 55.1 Å². The molecule has 90 valence electrons. The number of nitrogens with one attached hydrogen (secondary N) is 1. The molecular weight excluding hydrogens is 238 g/mol. The Bertz CT molecular complexity index is 517. The lowest BCUT2D eigenvalue weighted by molar-refractivity contribution is 0.538. The van der Waals surface area contributed by atoms with E-state index >= 15 is 0 Å². The van der Waals surface area contributed by atoms with Crippen molar-refractivity contribution in [3.8, 4) is 0 Å². The lowest BCUT2D eigenvalue weighted by Crippen LogP contribution is -2.37. The molecule has 2 aromatic rings. The van der Waals surface area contributed by atoms with Gasteiger partial charge in [0.15, 0.2) is 5.82 Å². The van der Waals surface area contributed by atoms with Crippen LogP contribution >= 0.6 is 11.6 Å². The highest BCUT2D eigenvalue weighted by atomic mass is 35.5. The lowest BCUT2D eigenvalue weighted by Gasteiger charge is -2.28. The maximum atomic E-state index is 6.11. The second-order valence-corrected chi connectivity index (χ2v) is 4.85. The SMILES string of the molecule is ClCC1(Nc2nccn3cnnc23)CCCC1. The van der Waals surface area contributed by atoms with Gasteiger partial charge in [-0.1, -0.05) is 12.8 Å². The molecule has 1 fully saturated rings. The molecule has 1 N–H and O–H groups in total. The third-order valence-corrected chi connectivity index (χ3v) is 3.93. The molecule has 17 heavy (non-hydrogen) atoms. The minimum atomic E-state index is -0.0254. The van der Waals surface area contributed by atoms with E-state index in [-0.39, 0.29) is 5.54 Å². The van der Waals surface area contributed by atoms with Crippen molar-refractivity contribution in [2.75, 3.05) is 11.2 Å². The first-order chi connectivity index (χ1) is 8.33. The maximum Gasteiger partial charge on any atom is 0.203 e. The third-order valence-electron chi connectivity index (χ3n) is 3.42. The Labute approximate surface area is 104 Å². The molecule has 2 heterocycles. The highest BCUT2D eigenvalue weighted by Gasteiger charge is 2.33. The summed E-state index contributed by atoms with van der Waals surface area (Å²) in [6, 6.07) is 0. The number of alkyl halides is 1. The average molecular weight is 252 g/mol. The smallest absolute Gasteiger partial charge is 0.203 e. The summed E-state index contributed by atoms with van der Waals surface area (Å²) < 4.78 is 1.85. The summed E-state index contributed by atoms with van der Waals surface area (Å²) in [7, 11) is 0. The molecule has 0 atom stereocenters. The largest absolute Gasteiger partial charge is 0.360 e. The molecular formula is C11H14ClN5. The molecule has 0 spiro atoms. The molecule has 0 aliphatic heterocycles. The summed E-state index contributed by atoms with van der Waals surface area (Å²) in [4.78, 5) is 4.34. The van der Waals surface area contributed by atoms with E-state index in [9.17, 15) is 0 Å². The Morgan fingerprint density at radius 2 is 2.24 bits per heavy atom. The normalized spacial score (nSPS) is 18.6. The highest BCUT2D eigenvalue weighted by molar-refractivity contribution is 6.18. The average Bonchev–Trinajstić information content (AvgIpc) is 2.98. The van der Waals surface area contributed by atoms with Gasteiger partial charge in [0, 0.05) is 18.3 Å². The van der Waals surface area contributed by atoms with Crippen molar-refractivity contribution in [2.45, 2.75) is 31.2 Å². The van der Waals surface area contributed by atoms with Crippen LogP contribution in [0.3, 0.4) is 0 Å².